The summed E-state index contributed by atoms with van der Waals surface area (Å²) in [5.74, 6) is 0.796. The third kappa shape index (κ3) is 4.49. The minimum Gasteiger partial charge on any atom is -0.340 e. The van der Waals surface area contributed by atoms with E-state index in [1.54, 1.807) is 0 Å². The van der Waals surface area contributed by atoms with E-state index in [2.05, 4.69) is 48.6 Å². The Morgan fingerprint density at radius 2 is 1.76 bits per heavy atom. The number of aryl methyl sites for hydroxylation is 1. The maximum Gasteiger partial charge on any atom is 0.239 e. The summed E-state index contributed by atoms with van der Waals surface area (Å²) in [5, 5.41) is 3.59. The van der Waals surface area contributed by atoms with E-state index in [9.17, 15) is 4.79 Å². The van der Waals surface area contributed by atoms with Crippen LogP contribution in [-0.4, -0.2) is 23.9 Å². The molecule has 25 heavy (non-hydrogen) atoms. The first-order valence-corrected chi connectivity index (χ1v) is 9.16. The number of hydrogen-bond donors (Lipinski definition) is 1. The van der Waals surface area contributed by atoms with Crippen molar-refractivity contribution in [3.05, 3.63) is 71.3 Å². The van der Waals surface area contributed by atoms with Crippen molar-refractivity contribution in [3.63, 3.8) is 0 Å². The Balaban J connectivity index is 1.64. The summed E-state index contributed by atoms with van der Waals surface area (Å²) >= 11 is 0. The number of hydrogen-bond acceptors (Lipinski definition) is 2. The van der Waals surface area contributed by atoms with Crippen LogP contribution < -0.4 is 5.32 Å². The summed E-state index contributed by atoms with van der Waals surface area (Å²) < 4.78 is 0. The highest BCUT2D eigenvalue weighted by Crippen LogP contribution is 2.41. The van der Waals surface area contributed by atoms with Crippen LogP contribution in [-0.2, 0) is 11.3 Å². The van der Waals surface area contributed by atoms with Crippen molar-refractivity contribution in [2.45, 2.75) is 45.3 Å². The molecule has 1 aliphatic rings. The van der Waals surface area contributed by atoms with Crippen LogP contribution in [0.3, 0.4) is 0 Å². The predicted octanol–water partition coefficient (Wildman–Crippen LogP) is 4.08. The van der Waals surface area contributed by atoms with Gasteiger partial charge in [-0.15, -0.1) is 0 Å². The third-order valence-electron chi connectivity index (χ3n) is 5.10. The molecule has 3 rings (SSSR count). The van der Waals surface area contributed by atoms with Crippen molar-refractivity contribution in [3.8, 4) is 0 Å². The van der Waals surface area contributed by atoms with Crippen LogP contribution in [0.1, 0.15) is 42.5 Å². The Kier molecular flexibility index (Phi) is 5.54. The van der Waals surface area contributed by atoms with Crippen molar-refractivity contribution < 1.29 is 4.79 Å². The zero-order valence-corrected chi connectivity index (χ0v) is 15.4. The predicted molar refractivity (Wildman–Crippen MR) is 102 cm³/mol. The molecule has 1 aliphatic carbocycles. The van der Waals surface area contributed by atoms with E-state index >= 15 is 0 Å². The van der Waals surface area contributed by atoms with E-state index in [4.69, 9.17) is 0 Å². The van der Waals surface area contributed by atoms with Gasteiger partial charge in [-0.1, -0.05) is 54.6 Å². The highest BCUT2D eigenvalue weighted by atomic mass is 16.2. The van der Waals surface area contributed by atoms with E-state index in [0.717, 1.165) is 0 Å². The lowest BCUT2D eigenvalue weighted by Crippen LogP contribution is -2.44. The molecule has 0 saturated heterocycles. The Labute approximate surface area is 151 Å². The van der Waals surface area contributed by atoms with E-state index < -0.39 is 0 Å². The van der Waals surface area contributed by atoms with Gasteiger partial charge in [0.1, 0.15) is 0 Å². The van der Waals surface area contributed by atoms with Crippen molar-refractivity contribution in [1.29, 1.82) is 0 Å². The van der Waals surface area contributed by atoms with Crippen LogP contribution in [0.4, 0.5) is 0 Å². The normalized spacial score (nSPS) is 16.3. The average molecular weight is 336 g/mol. The largest absolute Gasteiger partial charge is 0.340 e. The van der Waals surface area contributed by atoms with Gasteiger partial charge in [-0.3, -0.25) is 10.1 Å². The number of rotatable bonds is 7. The quantitative estimate of drug-likeness (QED) is 0.826. The monoisotopic (exact) mass is 336 g/mol. The number of nitrogens with one attached hydrogen (secondary N) is 1. The third-order valence-corrected chi connectivity index (χ3v) is 5.10. The lowest BCUT2D eigenvalue weighted by Gasteiger charge is -2.27. The van der Waals surface area contributed by atoms with Crippen LogP contribution in [0.2, 0.25) is 0 Å². The summed E-state index contributed by atoms with van der Waals surface area (Å²) in [6.45, 7) is 4.72. The highest BCUT2D eigenvalue weighted by Gasteiger charge is 2.34. The fraction of sp³-hybridized carbons (Fsp3) is 0.409. The second-order valence-electron chi connectivity index (χ2n) is 7.23. The lowest BCUT2D eigenvalue weighted by atomic mass is 10.0. The molecule has 2 unspecified atom stereocenters. The molecule has 2 aromatic carbocycles. The summed E-state index contributed by atoms with van der Waals surface area (Å²) in [5.41, 5.74) is 3.71. The van der Waals surface area contributed by atoms with Gasteiger partial charge in [0.15, 0.2) is 0 Å². The molecule has 3 nitrogen and oxygen atoms in total. The van der Waals surface area contributed by atoms with Gasteiger partial charge in [-0.05, 0) is 49.3 Å². The summed E-state index contributed by atoms with van der Waals surface area (Å²) in [7, 11) is 1.89. The summed E-state index contributed by atoms with van der Waals surface area (Å²) in [6, 6.07) is 18.8. The Morgan fingerprint density at radius 3 is 2.40 bits per heavy atom. The van der Waals surface area contributed by atoms with Crippen LogP contribution in [0, 0.1) is 12.8 Å². The van der Waals surface area contributed by atoms with Gasteiger partial charge in [-0.25, -0.2) is 0 Å². The number of nitrogens with zero attached hydrogens (tertiary/aromatic N) is 1. The van der Waals surface area contributed by atoms with E-state index in [1.165, 1.54) is 29.5 Å². The molecule has 132 valence electrons. The zero-order chi connectivity index (χ0) is 17.8. The maximum absolute atomic E-state index is 12.8. The number of likely N-dealkylation sites (N-methyl/N-ethyl adjacent to an activating group) is 1. The highest BCUT2D eigenvalue weighted by molar-refractivity contribution is 5.81. The molecular weight excluding hydrogens is 308 g/mol. The average Bonchev–Trinajstić information content (AvgIpc) is 3.46. The molecule has 1 saturated carbocycles. The molecular formula is C22H28N2O. The van der Waals surface area contributed by atoms with Crippen molar-refractivity contribution in [2.75, 3.05) is 7.05 Å². The van der Waals surface area contributed by atoms with Gasteiger partial charge in [-0.2, -0.15) is 0 Å². The number of benzene rings is 2. The van der Waals surface area contributed by atoms with Crippen molar-refractivity contribution in [1.82, 2.24) is 10.2 Å². The minimum absolute atomic E-state index is 0.143. The van der Waals surface area contributed by atoms with E-state index in [0.29, 0.717) is 12.5 Å². The minimum atomic E-state index is -0.195. The van der Waals surface area contributed by atoms with Crippen LogP contribution >= 0.6 is 0 Å². The first-order chi connectivity index (χ1) is 12.1. The first kappa shape index (κ1) is 17.7. The van der Waals surface area contributed by atoms with Gasteiger partial charge in [0.25, 0.3) is 0 Å². The van der Waals surface area contributed by atoms with Crippen LogP contribution in [0.5, 0.6) is 0 Å². The molecule has 2 atom stereocenters. The Hall–Kier alpha value is -2.13. The van der Waals surface area contributed by atoms with Gasteiger partial charge in [0, 0.05) is 19.6 Å². The summed E-state index contributed by atoms with van der Waals surface area (Å²) in [6.07, 6.45) is 2.49. The van der Waals surface area contributed by atoms with Gasteiger partial charge >= 0.3 is 0 Å². The molecule has 0 heterocycles. The molecule has 1 N–H and O–H groups in total. The van der Waals surface area contributed by atoms with Gasteiger partial charge in [0.2, 0.25) is 5.91 Å². The maximum atomic E-state index is 12.8. The van der Waals surface area contributed by atoms with Crippen LogP contribution in [0.15, 0.2) is 54.6 Å². The Morgan fingerprint density at radius 1 is 1.12 bits per heavy atom. The SMILES string of the molecule is Cc1ccccc1CN(C)C(=O)C(C)NC(c1ccccc1)C1CC1. The van der Waals surface area contributed by atoms with Gasteiger partial charge < -0.3 is 4.90 Å². The van der Waals surface area contributed by atoms with E-state index in [-0.39, 0.29) is 18.0 Å². The lowest BCUT2D eigenvalue weighted by molar-refractivity contribution is -0.132. The Bertz CT molecular complexity index is 709. The zero-order valence-electron chi connectivity index (χ0n) is 15.4. The fourth-order valence-corrected chi connectivity index (χ4v) is 3.39. The molecule has 3 heteroatoms. The molecule has 0 aliphatic heterocycles. The van der Waals surface area contributed by atoms with E-state index in [1.807, 2.05) is 37.1 Å². The molecule has 1 amide bonds. The molecule has 2 aromatic rings. The number of carbonyl (C=O) groups excluding carboxylic acids is 1. The van der Waals surface area contributed by atoms with Crippen LogP contribution in [0.25, 0.3) is 0 Å². The van der Waals surface area contributed by atoms with Gasteiger partial charge in [0.05, 0.1) is 6.04 Å². The molecule has 0 spiro atoms. The second kappa shape index (κ2) is 7.83. The topological polar surface area (TPSA) is 32.3 Å². The molecule has 0 bridgehead atoms. The first-order valence-electron chi connectivity index (χ1n) is 9.16. The smallest absolute Gasteiger partial charge is 0.239 e. The fourth-order valence-electron chi connectivity index (χ4n) is 3.39. The molecule has 1 fully saturated rings. The van der Waals surface area contributed by atoms with Crippen molar-refractivity contribution >= 4 is 5.91 Å². The molecule has 0 aromatic heterocycles. The standard InChI is InChI=1S/C22H28N2O/c1-16-9-7-8-12-20(16)15-24(3)22(25)17(2)23-21(19-13-14-19)18-10-5-4-6-11-18/h4-12,17,19,21,23H,13-15H2,1-3H3. The van der Waals surface area contributed by atoms with Crippen molar-refractivity contribution in [2.24, 2.45) is 5.92 Å². The second-order valence-corrected chi connectivity index (χ2v) is 7.23. The number of carbonyl (C=O) groups is 1. The molecule has 0 radical (unpaired) electrons. The summed E-state index contributed by atoms with van der Waals surface area (Å²) in [4.78, 5) is 14.7. The number of amides is 1.